The third-order valence-corrected chi connectivity index (χ3v) is 0. The summed E-state index contributed by atoms with van der Waals surface area (Å²) in [6.07, 6.45) is 0. The van der Waals surface area contributed by atoms with Crippen molar-refractivity contribution in [3.8, 4) is 0 Å². The van der Waals surface area contributed by atoms with Gasteiger partial charge in [-0.3, -0.25) is 0 Å². The molecule has 0 aliphatic carbocycles. The van der Waals surface area contributed by atoms with Gasteiger partial charge in [0.1, 0.15) is 0 Å². The van der Waals surface area contributed by atoms with Gasteiger partial charge in [-0.15, -0.1) is 0 Å². The van der Waals surface area contributed by atoms with Gasteiger partial charge < -0.3 is 9.41 Å². The molecular formula is F2NdPr+4. The minimum atomic E-state index is 0. The Kier molecular flexibility index (Phi) is 136. The molecular weight excluding hydrogens is 323 g/mol. The molecule has 4 heteroatoms. The van der Waals surface area contributed by atoms with Crippen LogP contribution in [0, 0.1) is 82.1 Å². The zero-order valence-corrected chi connectivity index (χ0v) is 8.75. The van der Waals surface area contributed by atoms with Crippen molar-refractivity contribution in [1.82, 2.24) is 0 Å². The van der Waals surface area contributed by atoms with Crippen molar-refractivity contribution in [1.29, 1.82) is 0 Å². The van der Waals surface area contributed by atoms with E-state index in [1.54, 1.807) is 0 Å². The fourth-order valence-electron chi connectivity index (χ4n) is 0. The Balaban J connectivity index is 0. The average Bonchev–Trinajstić information content (AvgIpc) is 0. The summed E-state index contributed by atoms with van der Waals surface area (Å²) in [4.78, 5) is 0. The molecule has 4 heavy (non-hydrogen) atoms. The van der Waals surface area contributed by atoms with Crippen LogP contribution in [0.3, 0.4) is 0 Å². The van der Waals surface area contributed by atoms with Gasteiger partial charge in [0.05, 0.1) is 0 Å². The Morgan fingerprint density at radius 2 is 0.750 bits per heavy atom. The Hall–Kier alpha value is 2.57. The summed E-state index contributed by atoms with van der Waals surface area (Å²) in [5.41, 5.74) is 0. The molecule has 0 saturated heterocycles. The van der Waals surface area contributed by atoms with E-state index in [0.717, 1.165) is 0 Å². The summed E-state index contributed by atoms with van der Waals surface area (Å²) in [6, 6.07) is 0. The smallest absolute Gasteiger partial charge is 1.00 e. The van der Waals surface area contributed by atoms with E-state index in [0.29, 0.717) is 0 Å². The number of rotatable bonds is 0. The number of halogens is 2. The van der Waals surface area contributed by atoms with Gasteiger partial charge in [0.15, 0.2) is 0 Å². The van der Waals surface area contributed by atoms with Crippen LogP contribution in [-0.4, -0.2) is 0 Å². The van der Waals surface area contributed by atoms with Gasteiger partial charge in [0, 0.05) is 0 Å². The maximum atomic E-state index is 0. The molecule has 0 rings (SSSR count). The molecule has 0 amide bonds. The van der Waals surface area contributed by atoms with Crippen LogP contribution in [0.1, 0.15) is 0 Å². The van der Waals surface area contributed by atoms with E-state index in [1.165, 1.54) is 0 Å². The van der Waals surface area contributed by atoms with Gasteiger partial charge in [-0.25, -0.2) is 0 Å². The molecule has 0 unspecified atom stereocenters. The Morgan fingerprint density at radius 3 is 0.750 bits per heavy atom. The maximum absolute atomic E-state index is 0. The average molecular weight is 323 g/mol. The molecule has 0 aliphatic rings. The quantitative estimate of drug-likeness (QED) is 0.417. The summed E-state index contributed by atoms with van der Waals surface area (Å²) in [7, 11) is 0. The first-order chi connectivity index (χ1) is 0. The minimum absolute atomic E-state index is 0. The van der Waals surface area contributed by atoms with Crippen molar-refractivity contribution in [2.24, 2.45) is 0 Å². The normalized spacial score (nSPS) is 0. The third kappa shape index (κ3) is 8.82. The minimum Gasteiger partial charge on any atom is -1.00 e. The van der Waals surface area contributed by atoms with Crippen LogP contribution in [0.15, 0.2) is 0 Å². The Labute approximate surface area is 89.3 Å². The van der Waals surface area contributed by atoms with Crippen LogP contribution in [0.2, 0.25) is 0 Å². The topological polar surface area (TPSA) is 0 Å². The molecule has 0 aromatic rings. The molecule has 0 aliphatic heterocycles. The van der Waals surface area contributed by atoms with Crippen molar-refractivity contribution >= 4 is 0 Å². The maximum Gasteiger partial charge on any atom is 3.00 e. The molecule has 0 aromatic heterocycles. The molecule has 0 aromatic carbocycles. The monoisotopic (exact) mass is 321 g/mol. The second-order valence-electron chi connectivity index (χ2n) is 0. The van der Waals surface area contributed by atoms with Crippen LogP contribution >= 0.6 is 0 Å². The largest absolute Gasteiger partial charge is 3.00 e. The van der Waals surface area contributed by atoms with Crippen molar-refractivity contribution < 1.29 is 91.5 Å². The summed E-state index contributed by atoms with van der Waals surface area (Å²) in [5.74, 6) is 0. The zero-order chi connectivity index (χ0) is 0. The van der Waals surface area contributed by atoms with E-state index in [-0.39, 0.29) is 91.5 Å². The molecule has 0 N–H and O–H groups in total. The van der Waals surface area contributed by atoms with Crippen LogP contribution in [0.25, 0.3) is 0 Å². The van der Waals surface area contributed by atoms with Gasteiger partial charge in [-0.1, -0.05) is 0 Å². The summed E-state index contributed by atoms with van der Waals surface area (Å²) in [6.45, 7) is 0. The van der Waals surface area contributed by atoms with Gasteiger partial charge in [-0.2, -0.15) is 0 Å². The van der Waals surface area contributed by atoms with Crippen LogP contribution in [0.5, 0.6) is 0 Å². The van der Waals surface area contributed by atoms with Crippen molar-refractivity contribution in [2.45, 2.75) is 0 Å². The SMILES string of the molecule is [F-].[F-].[Nd+3].[Pr+3]. The van der Waals surface area contributed by atoms with Crippen LogP contribution < -0.4 is 9.41 Å². The molecule has 0 atom stereocenters. The van der Waals surface area contributed by atoms with E-state index in [4.69, 9.17) is 0 Å². The standard InChI is InChI=1S/2FH.Nd.Pr/h2*1H;;/q;;2*+3/p-2. The molecule has 0 heterocycles. The van der Waals surface area contributed by atoms with Crippen molar-refractivity contribution in [3.63, 3.8) is 0 Å². The molecule has 0 nitrogen and oxygen atoms in total. The van der Waals surface area contributed by atoms with Crippen molar-refractivity contribution in [3.05, 3.63) is 0 Å². The van der Waals surface area contributed by atoms with Gasteiger partial charge >= 0.3 is 82.1 Å². The zero-order valence-electron chi connectivity index (χ0n) is 1.83. The van der Waals surface area contributed by atoms with E-state index >= 15 is 0 Å². The Morgan fingerprint density at radius 1 is 0.750 bits per heavy atom. The summed E-state index contributed by atoms with van der Waals surface area (Å²) >= 11 is 0. The first-order valence-corrected chi connectivity index (χ1v) is 0. The van der Waals surface area contributed by atoms with E-state index < -0.39 is 0 Å². The predicted molar refractivity (Wildman–Crippen MR) is 0 cm³/mol. The van der Waals surface area contributed by atoms with Gasteiger partial charge in [-0.05, 0) is 0 Å². The second kappa shape index (κ2) is 17.6. The molecule has 0 saturated carbocycles. The summed E-state index contributed by atoms with van der Waals surface area (Å²) < 4.78 is 0. The number of hydrogen-bond donors (Lipinski definition) is 0. The fourth-order valence-corrected chi connectivity index (χ4v) is 0. The summed E-state index contributed by atoms with van der Waals surface area (Å²) in [5, 5.41) is 0. The second-order valence-corrected chi connectivity index (χ2v) is 0. The first kappa shape index (κ1) is 30.8. The van der Waals surface area contributed by atoms with Crippen LogP contribution in [-0.2, 0) is 0 Å². The first-order valence-electron chi connectivity index (χ1n) is 0. The Bertz CT molecular complexity index is 6.00. The van der Waals surface area contributed by atoms with E-state index in [1.807, 2.05) is 0 Å². The van der Waals surface area contributed by atoms with Gasteiger partial charge in [0.25, 0.3) is 0 Å². The molecule has 1 radical (unpaired) electrons. The van der Waals surface area contributed by atoms with Crippen molar-refractivity contribution in [2.75, 3.05) is 0 Å². The molecule has 0 fully saturated rings. The molecule has 17 valence electrons. The third-order valence-electron chi connectivity index (χ3n) is 0. The predicted octanol–water partition coefficient (Wildman–Crippen LogP) is -5.99. The molecule has 0 spiro atoms. The molecule has 0 bridgehead atoms. The van der Waals surface area contributed by atoms with E-state index in [2.05, 4.69) is 0 Å². The van der Waals surface area contributed by atoms with Crippen LogP contribution in [0.4, 0.5) is 0 Å². The fraction of sp³-hybridized carbons (Fsp3) is 0. The van der Waals surface area contributed by atoms with E-state index in [9.17, 15) is 0 Å². The number of hydrogen-bond acceptors (Lipinski definition) is 0. The van der Waals surface area contributed by atoms with Gasteiger partial charge in [0.2, 0.25) is 0 Å².